The average molecular weight is 273 g/mol. The number of amides is 1. The van der Waals surface area contributed by atoms with Gasteiger partial charge in [0, 0.05) is 31.3 Å². The normalized spacial score (nSPS) is 13.9. The van der Waals surface area contributed by atoms with E-state index in [1.807, 2.05) is 30.3 Å². The summed E-state index contributed by atoms with van der Waals surface area (Å²) in [5, 5.41) is 8.38. The summed E-state index contributed by atoms with van der Waals surface area (Å²) in [6, 6.07) is 9.48. The third-order valence-electron chi connectivity index (χ3n) is 3.01. The van der Waals surface area contributed by atoms with Crippen LogP contribution in [0.2, 0.25) is 0 Å². The van der Waals surface area contributed by atoms with Crippen LogP contribution in [0.1, 0.15) is 12.0 Å². The molecule has 5 nitrogen and oxygen atoms in total. The van der Waals surface area contributed by atoms with E-state index in [1.54, 1.807) is 4.90 Å². The van der Waals surface area contributed by atoms with Crippen LogP contribution >= 0.6 is 0 Å². The van der Waals surface area contributed by atoms with Crippen molar-refractivity contribution in [3.8, 4) is 11.8 Å². The van der Waals surface area contributed by atoms with E-state index < -0.39 is 5.97 Å². The molecule has 1 aliphatic heterocycles. The van der Waals surface area contributed by atoms with Crippen LogP contribution in [0.4, 0.5) is 4.79 Å². The van der Waals surface area contributed by atoms with Gasteiger partial charge in [0.1, 0.15) is 6.61 Å². The maximum absolute atomic E-state index is 11.7. The van der Waals surface area contributed by atoms with Gasteiger partial charge in [-0.2, -0.15) is 0 Å². The molecule has 104 valence electrons. The highest BCUT2D eigenvalue weighted by Crippen LogP contribution is 2.19. The maximum atomic E-state index is 11.7. The molecule has 0 saturated carbocycles. The van der Waals surface area contributed by atoms with Gasteiger partial charge in [-0.05, 0) is 5.56 Å². The van der Waals surface area contributed by atoms with Gasteiger partial charge in [-0.1, -0.05) is 36.3 Å². The Morgan fingerprint density at radius 3 is 2.65 bits per heavy atom. The van der Waals surface area contributed by atoms with Crippen molar-refractivity contribution in [2.45, 2.75) is 13.0 Å². The number of carboxylic acid groups (broad SMARTS) is 1. The first-order valence-electron chi connectivity index (χ1n) is 6.32. The molecule has 1 heterocycles. The molecule has 20 heavy (non-hydrogen) atoms. The molecule has 1 saturated heterocycles. The number of carbonyl (C=O) groups is 2. The van der Waals surface area contributed by atoms with Crippen molar-refractivity contribution in [3.63, 3.8) is 0 Å². The quantitative estimate of drug-likeness (QED) is 0.852. The first-order valence-corrected chi connectivity index (χ1v) is 6.32. The number of carboxylic acids is 1. The molecule has 0 bridgehead atoms. The van der Waals surface area contributed by atoms with Crippen molar-refractivity contribution >= 4 is 12.1 Å². The molecular formula is C15H15NO4. The number of ether oxygens (including phenoxy) is 1. The van der Waals surface area contributed by atoms with E-state index in [0.717, 1.165) is 5.56 Å². The van der Waals surface area contributed by atoms with Crippen molar-refractivity contribution < 1.29 is 19.4 Å². The second-order valence-electron chi connectivity index (χ2n) is 4.62. The third kappa shape index (κ3) is 4.02. The standard InChI is InChI=1S/C15H15NO4/c17-14(18)8-4-7-13-9-16(10-13)15(19)20-11-12-5-2-1-3-6-12/h1-3,5-6,13H,7,9-11H2,(H,17,18). The Kier molecular flexibility index (Phi) is 4.61. The van der Waals surface area contributed by atoms with E-state index in [4.69, 9.17) is 9.84 Å². The van der Waals surface area contributed by atoms with Gasteiger partial charge in [0.25, 0.3) is 0 Å². The highest BCUT2D eigenvalue weighted by atomic mass is 16.6. The monoisotopic (exact) mass is 273 g/mol. The predicted octanol–water partition coefficient (Wildman–Crippen LogP) is 1.73. The molecule has 0 atom stereocenters. The Bertz CT molecular complexity index is 538. The van der Waals surface area contributed by atoms with Crippen LogP contribution in [0.15, 0.2) is 30.3 Å². The van der Waals surface area contributed by atoms with Crippen LogP contribution < -0.4 is 0 Å². The Morgan fingerprint density at radius 2 is 2.00 bits per heavy atom. The van der Waals surface area contributed by atoms with Crippen molar-refractivity contribution in [2.75, 3.05) is 13.1 Å². The molecule has 0 radical (unpaired) electrons. The average Bonchev–Trinajstić information content (AvgIpc) is 2.39. The smallest absolute Gasteiger partial charge is 0.410 e. The molecule has 1 aliphatic rings. The predicted molar refractivity (Wildman–Crippen MR) is 71.7 cm³/mol. The van der Waals surface area contributed by atoms with Crippen LogP contribution in [-0.2, 0) is 16.1 Å². The number of carbonyl (C=O) groups excluding carboxylic acids is 1. The molecule has 5 heteroatoms. The number of aliphatic carboxylic acids is 1. The van der Waals surface area contributed by atoms with E-state index in [-0.39, 0.29) is 18.6 Å². The van der Waals surface area contributed by atoms with Crippen LogP contribution in [0.25, 0.3) is 0 Å². The minimum Gasteiger partial charge on any atom is -0.472 e. The molecule has 0 spiro atoms. The molecule has 0 unspecified atom stereocenters. The number of hydrogen-bond donors (Lipinski definition) is 1. The van der Waals surface area contributed by atoms with Crippen LogP contribution in [0, 0.1) is 17.8 Å². The molecular weight excluding hydrogens is 258 g/mol. The summed E-state index contributed by atoms with van der Waals surface area (Å²) in [6.07, 6.45) is 0.158. The van der Waals surface area contributed by atoms with Gasteiger partial charge in [-0.25, -0.2) is 9.59 Å². The summed E-state index contributed by atoms with van der Waals surface area (Å²) in [7, 11) is 0. The zero-order valence-corrected chi connectivity index (χ0v) is 10.9. The minimum atomic E-state index is -1.12. The van der Waals surface area contributed by atoms with Gasteiger partial charge in [-0.3, -0.25) is 0 Å². The number of hydrogen-bond acceptors (Lipinski definition) is 3. The second-order valence-corrected chi connectivity index (χ2v) is 4.62. The van der Waals surface area contributed by atoms with Crippen molar-refractivity contribution in [3.05, 3.63) is 35.9 Å². The Balaban J connectivity index is 1.67. The summed E-state index contributed by atoms with van der Waals surface area (Å²) in [5.41, 5.74) is 0.949. The number of rotatable bonds is 3. The zero-order chi connectivity index (χ0) is 14.4. The van der Waals surface area contributed by atoms with Gasteiger partial charge in [0.2, 0.25) is 0 Å². The number of likely N-dealkylation sites (tertiary alicyclic amines) is 1. The topological polar surface area (TPSA) is 66.8 Å². The van der Waals surface area contributed by atoms with Crippen LogP contribution in [0.3, 0.4) is 0 Å². The highest BCUT2D eigenvalue weighted by molar-refractivity contribution is 5.86. The Hall–Kier alpha value is -2.48. The molecule has 2 rings (SSSR count). The molecule has 1 amide bonds. The van der Waals surface area contributed by atoms with Crippen LogP contribution in [0.5, 0.6) is 0 Å². The first kappa shape index (κ1) is 13.9. The van der Waals surface area contributed by atoms with Gasteiger partial charge < -0.3 is 14.7 Å². The fraction of sp³-hybridized carbons (Fsp3) is 0.333. The molecule has 1 aromatic carbocycles. The number of benzene rings is 1. The van der Waals surface area contributed by atoms with Crippen molar-refractivity contribution in [1.82, 2.24) is 4.90 Å². The van der Waals surface area contributed by atoms with Gasteiger partial charge in [-0.15, -0.1) is 0 Å². The minimum absolute atomic E-state index is 0.242. The van der Waals surface area contributed by atoms with E-state index in [1.165, 1.54) is 0 Å². The van der Waals surface area contributed by atoms with E-state index in [0.29, 0.717) is 19.5 Å². The molecule has 1 aromatic rings. The zero-order valence-electron chi connectivity index (χ0n) is 10.9. The lowest BCUT2D eigenvalue weighted by Gasteiger charge is -2.37. The molecule has 1 fully saturated rings. The number of nitrogens with zero attached hydrogens (tertiary/aromatic N) is 1. The lowest BCUT2D eigenvalue weighted by Crippen LogP contribution is -2.49. The fourth-order valence-electron chi connectivity index (χ4n) is 1.93. The van der Waals surface area contributed by atoms with Gasteiger partial charge in [0.05, 0.1) is 0 Å². The Labute approximate surface area is 117 Å². The SMILES string of the molecule is O=C(O)C#CCC1CN(C(=O)OCc2ccccc2)C1. The maximum Gasteiger partial charge on any atom is 0.410 e. The Morgan fingerprint density at radius 1 is 1.30 bits per heavy atom. The first-order chi connectivity index (χ1) is 9.65. The second kappa shape index (κ2) is 6.62. The van der Waals surface area contributed by atoms with E-state index in [2.05, 4.69) is 11.8 Å². The summed E-state index contributed by atoms with van der Waals surface area (Å²) in [5.74, 6) is 3.76. The third-order valence-corrected chi connectivity index (χ3v) is 3.01. The van der Waals surface area contributed by atoms with Crippen molar-refractivity contribution in [1.29, 1.82) is 0 Å². The summed E-state index contributed by atoms with van der Waals surface area (Å²) in [4.78, 5) is 23.5. The largest absolute Gasteiger partial charge is 0.472 e. The van der Waals surface area contributed by atoms with E-state index in [9.17, 15) is 9.59 Å². The lowest BCUT2D eigenvalue weighted by molar-refractivity contribution is -0.130. The van der Waals surface area contributed by atoms with Crippen molar-refractivity contribution in [2.24, 2.45) is 5.92 Å². The van der Waals surface area contributed by atoms with E-state index >= 15 is 0 Å². The molecule has 1 N–H and O–H groups in total. The molecule has 0 aliphatic carbocycles. The summed E-state index contributed by atoms with van der Waals surface area (Å²) in [6.45, 7) is 1.41. The lowest BCUT2D eigenvalue weighted by atomic mass is 9.97. The van der Waals surface area contributed by atoms with Gasteiger partial charge >= 0.3 is 12.1 Å². The highest BCUT2D eigenvalue weighted by Gasteiger charge is 2.30. The van der Waals surface area contributed by atoms with Gasteiger partial charge in [0.15, 0.2) is 0 Å². The summed E-state index contributed by atoms with van der Waals surface area (Å²) >= 11 is 0. The molecule has 0 aromatic heterocycles. The summed E-state index contributed by atoms with van der Waals surface area (Å²) < 4.78 is 5.18. The fourth-order valence-corrected chi connectivity index (χ4v) is 1.93. The van der Waals surface area contributed by atoms with Crippen LogP contribution in [-0.4, -0.2) is 35.2 Å².